The quantitative estimate of drug-likeness (QED) is 0.323. The van der Waals surface area contributed by atoms with Crippen LogP contribution in [-0.4, -0.2) is 28.0 Å². The van der Waals surface area contributed by atoms with Gasteiger partial charge in [-0.2, -0.15) is 0 Å². The van der Waals surface area contributed by atoms with Crippen molar-refractivity contribution in [3.63, 3.8) is 0 Å². The molecule has 1 aromatic heterocycles. The molecule has 25 heavy (non-hydrogen) atoms. The van der Waals surface area contributed by atoms with Gasteiger partial charge in [-0.05, 0) is 0 Å². The molecule has 0 bridgehead atoms. The molecular formula is C20H31ClN2SSn. The van der Waals surface area contributed by atoms with Crippen molar-refractivity contribution >= 4 is 45.1 Å². The monoisotopic (exact) mass is 486 g/mol. The standard InChI is InChI=1S/C8H4ClN2S.3C4H9.Sn/c9-7-3-1-6(2-4-7)8-5-12-11-10-8;3*1-3-4-2;/h1,3-5H;3*1,3-4H2,2H3;. The Kier molecular flexibility index (Phi) is 9.22. The number of unbranched alkanes of at least 4 members (excludes halogenated alkanes) is 3. The molecule has 0 aliphatic rings. The average molecular weight is 486 g/mol. The second-order valence-corrected chi connectivity index (χ2v) is 21.2. The second kappa shape index (κ2) is 10.9. The van der Waals surface area contributed by atoms with Crippen LogP contribution in [-0.2, 0) is 0 Å². The van der Waals surface area contributed by atoms with Crippen molar-refractivity contribution in [3.8, 4) is 11.3 Å². The van der Waals surface area contributed by atoms with Gasteiger partial charge in [0.1, 0.15) is 0 Å². The van der Waals surface area contributed by atoms with Gasteiger partial charge in [0.15, 0.2) is 0 Å². The van der Waals surface area contributed by atoms with Crippen molar-refractivity contribution in [2.75, 3.05) is 0 Å². The minimum atomic E-state index is -2.54. The maximum atomic E-state index is 6.49. The Morgan fingerprint density at radius 2 is 1.56 bits per heavy atom. The summed E-state index contributed by atoms with van der Waals surface area (Å²) >= 11 is 5.38. The molecule has 0 atom stereocenters. The van der Waals surface area contributed by atoms with E-state index in [0.29, 0.717) is 0 Å². The predicted molar refractivity (Wildman–Crippen MR) is 115 cm³/mol. The van der Waals surface area contributed by atoms with Gasteiger partial charge in [0.05, 0.1) is 0 Å². The van der Waals surface area contributed by atoms with Gasteiger partial charge in [-0.15, -0.1) is 0 Å². The third kappa shape index (κ3) is 5.67. The van der Waals surface area contributed by atoms with Crippen molar-refractivity contribution < 1.29 is 0 Å². The van der Waals surface area contributed by atoms with Gasteiger partial charge in [0.2, 0.25) is 0 Å². The van der Waals surface area contributed by atoms with E-state index in [-0.39, 0.29) is 0 Å². The molecule has 1 aromatic carbocycles. The van der Waals surface area contributed by atoms with Crippen LogP contribution in [0, 0.1) is 0 Å². The first kappa shape index (κ1) is 21.2. The number of hydrogen-bond donors (Lipinski definition) is 0. The summed E-state index contributed by atoms with van der Waals surface area (Å²) in [6, 6.07) is 6.52. The summed E-state index contributed by atoms with van der Waals surface area (Å²) in [6.07, 6.45) is 7.90. The molecule has 0 aliphatic heterocycles. The summed E-state index contributed by atoms with van der Waals surface area (Å²) in [5.41, 5.74) is 2.36. The first-order chi connectivity index (χ1) is 12.2. The fourth-order valence-corrected chi connectivity index (χ4v) is 21.5. The van der Waals surface area contributed by atoms with Gasteiger partial charge in [-0.3, -0.25) is 0 Å². The SMILES string of the molecule is CCC[CH2][Sn]([CH2]CCC)([CH2]CCC)[c]1cc(Cl)ccc1-c1csnn1. The van der Waals surface area contributed by atoms with Crippen LogP contribution in [0.4, 0.5) is 0 Å². The molecule has 1 heterocycles. The zero-order chi connectivity index (χ0) is 18.1. The summed E-state index contributed by atoms with van der Waals surface area (Å²) in [7, 11) is 0. The van der Waals surface area contributed by atoms with Crippen LogP contribution in [0.1, 0.15) is 59.3 Å². The average Bonchev–Trinajstić information content (AvgIpc) is 3.16. The van der Waals surface area contributed by atoms with Crippen LogP contribution in [0.3, 0.4) is 0 Å². The van der Waals surface area contributed by atoms with Gasteiger partial charge in [0, 0.05) is 0 Å². The topological polar surface area (TPSA) is 25.8 Å². The molecular weight excluding hydrogens is 454 g/mol. The molecule has 0 spiro atoms. The maximum absolute atomic E-state index is 6.49. The summed E-state index contributed by atoms with van der Waals surface area (Å²) in [5.74, 6) is 0. The number of halogens is 1. The summed E-state index contributed by atoms with van der Waals surface area (Å²) in [6.45, 7) is 6.96. The Morgan fingerprint density at radius 1 is 0.960 bits per heavy atom. The van der Waals surface area contributed by atoms with E-state index < -0.39 is 18.4 Å². The van der Waals surface area contributed by atoms with Gasteiger partial charge in [-0.25, -0.2) is 0 Å². The third-order valence-electron chi connectivity index (χ3n) is 5.22. The van der Waals surface area contributed by atoms with E-state index in [1.807, 2.05) is 6.07 Å². The van der Waals surface area contributed by atoms with Crippen molar-refractivity contribution in [2.45, 2.75) is 72.6 Å². The van der Waals surface area contributed by atoms with Crippen LogP contribution in [0.5, 0.6) is 0 Å². The molecule has 0 saturated carbocycles. The molecule has 0 saturated heterocycles. The van der Waals surface area contributed by atoms with E-state index in [2.05, 4.69) is 47.9 Å². The molecule has 5 heteroatoms. The molecule has 2 aromatic rings. The third-order valence-corrected chi connectivity index (χ3v) is 21.6. The Bertz CT molecular complexity index is 609. The summed E-state index contributed by atoms with van der Waals surface area (Å²) in [4.78, 5) is 0. The Morgan fingerprint density at radius 3 is 2.04 bits per heavy atom. The van der Waals surface area contributed by atoms with Gasteiger partial charge >= 0.3 is 167 Å². The second-order valence-electron chi connectivity index (χ2n) is 7.07. The Hall–Kier alpha value is -0.131. The normalized spacial score (nSPS) is 11.8. The van der Waals surface area contributed by atoms with Crippen LogP contribution in [0.25, 0.3) is 11.3 Å². The van der Waals surface area contributed by atoms with Crippen LogP contribution < -0.4 is 3.58 Å². The molecule has 0 fully saturated rings. The molecule has 0 aliphatic carbocycles. The van der Waals surface area contributed by atoms with Crippen molar-refractivity contribution in [3.05, 3.63) is 28.6 Å². The van der Waals surface area contributed by atoms with Gasteiger partial charge in [0.25, 0.3) is 0 Å². The number of nitrogens with zero attached hydrogens (tertiary/aromatic N) is 2. The van der Waals surface area contributed by atoms with E-state index in [1.54, 1.807) is 3.58 Å². The van der Waals surface area contributed by atoms with Crippen LogP contribution >= 0.6 is 23.1 Å². The number of aromatic nitrogens is 2. The predicted octanol–water partition coefficient (Wildman–Crippen LogP) is 6.91. The van der Waals surface area contributed by atoms with E-state index >= 15 is 0 Å². The Labute approximate surface area is 166 Å². The zero-order valence-electron chi connectivity index (χ0n) is 15.9. The summed E-state index contributed by atoms with van der Waals surface area (Å²) < 4.78 is 10.0. The number of rotatable bonds is 11. The van der Waals surface area contributed by atoms with E-state index in [4.69, 9.17) is 11.6 Å². The van der Waals surface area contributed by atoms with E-state index in [9.17, 15) is 0 Å². The minimum absolute atomic E-state index is 0.882. The van der Waals surface area contributed by atoms with E-state index in [1.165, 1.54) is 68.9 Å². The van der Waals surface area contributed by atoms with Crippen LogP contribution in [0.2, 0.25) is 18.3 Å². The molecule has 2 nitrogen and oxygen atoms in total. The van der Waals surface area contributed by atoms with Crippen LogP contribution in [0.15, 0.2) is 23.6 Å². The van der Waals surface area contributed by atoms with Crippen molar-refractivity contribution in [2.24, 2.45) is 0 Å². The molecule has 0 unspecified atom stereocenters. The first-order valence-electron chi connectivity index (χ1n) is 9.74. The van der Waals surface area contributed by atoms with Crippen molar-refractivity contribution in [1.82, 2.24) is 9.59 Å². The first-order valence-corrected chi connectivity index (χ1v) is 18.4. The van der Waals surface area contributed by atoms with Gasteiger partial charge in [-0.1, -0.05) is 0 Å². The van der Waals surface area contributed by atoms with Crippen molar-refractivity contribution in [1.29, 1.82) is 0 Å². The molecule has 0 N–H and O–H groups in total. The van der Waals surface area contributed by atoms with E-state index in [0.717, 1.165) is 10.7 Å². The zero-order valence-corrected chi connectivity index (χ0v) is 20.3. The van der Waals surface area contributed by atoms with Gasteiger partial charge < -0.3 is 0 Å². The number of hydrogen-bond acceptors (Lipinski definition) is 3. The fourth-order valence-electron chi connectivity index (χ4n) is 3.79. The molecule has 138 valence electrons. The number of benzene rings is 1. The molecule has 0 radical (unpaired) electrons. The summed E-state index contributed by atoms with van der Waals surface area (Å²) in [5, 5.41) is 7.36. The fraction of sp³-hybridized carbons (Fsp3) is 0.600. The Balaban J connectivity index is 2.55. The molecule has 2 rings (SSSR count). The molecule has 0 amide bonds.